The minimum absolute atomic E-state index is 0.0822. The average Bonchev–Trinajstić information content (AvgIpc) is 3.29. The Morgan fingerprint density at radius 3 is 2.88 bits per heavy atom. The zero-order chi connectivity index (χ0) is 17.4. The number of hydrogen-bond acceptors (Lipinski definition) is 8. The van der Waals surface area contributed by atoms with E-state index in [0.29, 0.717) is 33.9 Å². The van der Waals surface area contributed by atoms with E-state index in [-0.39, 0.29) is 5.95 Å². The smallest absolute Gasteiger partial charge is 0.337 e. The number of methoxy groups -OCH3 is 1. The lowest BCUT2D eigenvalue weighted by molar-refractivity contribution is 0.0601. The van der Waals surface area contributed by atoms with Crippen LogP contribution in [-0.4, -0.2) is 38.0 Å². The Hall–Kier alpha value is -3.75. The highest BCUT2D eigenvalue weighted by Crippen LogP contribution is 2.23. The van der Waals surface area contributed by atoms with Crippen LogP contribution in [0.2, 0.25) is 0 Å². The lowest BCUT2D eigenvalue weighted by atomic mass is 10.2. The molecule has 0 unspecified atom stereocenters. The summed E-state index contributed by atoms with van der Waals surface area (Å²) in [4.78, 5) is 20.0. The Morgan fingerprint density at radius 2 is 2.12 bits per heavy atom. The molecule has 0 aliphatic heterocycles. The third-order valence-corrected chi connectivity index (χ3v) is 3.59. The molecular formula is C16H12N6O3. The van der Waals surface area contributed by atoms with Gasteiger partial charge in [0, 0.05) is 6.07 Å². The molecule has 124 valence electrons. The molecule has 0 radical (unpaired) electrons. The molecular weight excluding hydrogens is 324 g/mol. The SMILES string of the molecule is COC(=O)c1ccc2c(c1)nnn2-c1cc(-c2ccco2)nc(N)n1. The van der Waals surface area contributed by atoms with Gasteiger partial charge in [0.2, 0.25) is 5.95 Å². The van der Waals surface area contributed by atoms with Gasteiger partial charge in [-0.05, 0) is 30.3 Å². The number of anilines is 1. The predicted octanol–water partition coefficient (Wildman–Crippen LogP) is 1.84. The highest BCUT2D eigenvalue weighted by molar-refractivity contribution is 5.93. The number of fused-ring (bicyclic) bond motifs is 1. The van der Waals surface area contributed by atoms with Crippen molar-refractivity contribution in [2.45, 2.75) is 0 Å². The van der Waals surface area contributed by atoms with Crippen LogP contribution in [0.15, 0.2) is 47.1 Å². The maximum absolute atomic E-state index is 11.6. The van der Waals surface area contributed by atoms with Gasteiger partial charge in [0.15, 0.2) is 11.6 Å². The molecule has 0 aliphatic rings. The molecule has 0 amide bonds. The van der Waals surface area contributed by atoms with Crippen molar-refractivity contribution in [1.29, 1.82) is 0 Å². The predicted molar refractivity (Wildman–Crippen MR) is 87.9 cm³/mol. The van der Waals surface area contributed by atoms with Gasteiger partial charge in [-0.2, -0.15) is 9.67 Å². The second-order valence-electron chi connectivity index (χ2n) is 5.14. The fourth-order valence-corrected chi connectivity index (χ4v) is 2.45. The van der Waals surface area contributed by atoms with Crippen LogP contribution in [0, 0.1) is 0 Å². The minimum atomic E-state index is -0.442. The first-order chi connectivity index (χ1) is 12.2. The molecule has 0 spiro atoms. The number of furan rings is 1. The summed E-state index contributed by atoms with van der Waals surface area (Å²) in [5, 5.41) is 8.17. The molecule has 0 saturated carbocycles. The molecule has 1 aromatic carbocycles. The van der Waals surface area contributed by atoms with Crippen LogP contribution >= 0.6 is 0 Å². The molecule has 4 rings (SSSR count). The van der Waals surface area contributed by atoms with Gasteiger partial charge in [-0.15, -0.1) is 5.10 Å². The van der Waals surface area contributed by atoms with E-state index in [2.05, 4.69) is 20.3 Å². The van der Waals surface area contributed by atoms with Crippen LogP contribution in [0.1, 0.15) is 10.4 Å². The molecule has 25 heavy (non-hydrogen) atoms. The summed E-state index contributed by atoms with van der Waals surface area (Å²) in [6, 6.07) is 10.2. The van der Waals surface area contributed by atoms with Gasteiger partial charge in [0.05, 0.1) is 24.5 Å². The zero-order valence-electron chi connectivity index (χ0n) is 13.1. The number of aromatic nitrogens is 5. The summed E-state index contributed by atoms with van der Waals surface area (Å²) >= 11 is 0. The van der Waals surface area contributed by atoms with E-state index >= 15 is 0 Å². The summed E-state index contributed by atoms with van der Waals surface area (Å²) in [6.45, 7) is 0. The monoisotopic (exact) mass is 336 g/mol. The molecule has 9 heteroatoms. The van der Waals surface area contributed by atoms with Gasteiger partial charge in [-0.25, -0.2) is 9.78 Å². The van der Waals surface area contributed by atoms with Crippen LogP contribution in [0.25, 0.3) is 28.3 Å². The lowest BCUT2D eigenvalue weighted by Gasteiger charge is -2.05. The van der Waals surface area contributed by atoms with Crippen LogP contribution in [0.5, 0.6) is 0 Å². The third-order valence-electron chi connectivity index (χ3n) is 3.59. The van der Waals surface area contributed by atoms with Crippen molar-refractivity contribution in [2.75, 3.05) is 12.8 Å². The van der Waals surface area contributed by atoms with Crippen LogP contribution < -0.4 is 5.73 Å². The van der Waals surface area contributed by atoms with Crippen LogP contribution in [-0.2, 0) is 4.74 Å². The standard InChI is InChI=1S/C16H12N6O3/c1-24-15(23)9-4-5-12-10(7-9)20-21-22(12)14-8-11(18-16(17)19-14)13-3-2-6-25-13/h2-8H,1H3,(H2,17,18,19). The minimum Gasteiger partial charge on any atom is -0.465 e. The van der Waals surface area contributed by atoms with E-state index in [1.807, 2.05) is 0 Å². The fourth-order valence-electron chi connectivity index (χ4n) is 2.45. The summed E-state index contributed by atoms with van der Waals surface area (Å²) in [7, 11) is 1.32. The molecule has 0 aliphatic carbocycles. The summed E-state index contributed by atoms with van der Waals surface area (Å²) < 4.78 is 11.6. The van der Waals surface area contributed by atoms with Gasteiger partial charge in [-0.1, -0.05) is 5.21 Å². The van der Waals surface area contributed by atoms with Crippen LogP contribution in [0.4, 0.5) is 5.95 Å². The van der Waals surface area contributed by atoms with Crippen molar-refractivity contribution in [3.63, 3.8) is 0 Å². The first-order valence-electron chi connectivity index (χ1n) is 7.28. The number of carbonyl (C=O) groups is 1. The number of rotatable bonds is 3. The van der Waals surface area contributed by atoms with E-state index in [9.17, 15) is 4.79 Å². The lowest BCUT2D eigenvalue weighted by Crippen LogP contribution is -2.05. The molecule has 0 bridgehead atoms. The van der Waals surface area contributed by atoms with E-state index in [0.717, 1.165) is 0 Å². The molecule has 4 aromatic rings. The first-order valence-corrected chi connectivity index (χ1v) is 7.28. The summed E-state index contributed by atoms with van der Waals surface area (Å²) in [5.41, 5.74) is 7.92. The Morgan fingerprint density at radius 1 is 1.24 bits per heavy atom. The molecule has 3 heterocycles. The van der Waals surface area contributed by atoms with Crippen molar-refractivity contribution >= 4 is 23.0 Å². The van der Waals surface area contributed by atoms with Crippen molar-refractivity contribution in [3.8, 4) is 17.3 Å². The van der Waals surface area contributed by atoms with Crippen molar-refractivity contribution in [1.82, 2.24) is 25.0 Å². The first kappa shape index (κ1) is 14.8. The largest absolute Gasteiger partial charge is 0.465 e. The second-order valence-corrected chi connectivity index (χ2v) is 5.14. The highest BCUT2D eigenvalue weighted by Gasteiger charge is 2.14. The van der Waals surface area contributed by atoms with Crippen molar-refractivity contribution < 1.29 is 13.9 Å². The summed E-state index contributed by atoms with van der Waals surface area (Å²) in [6.07, 6.45) is 1.55. The van der Waals surface area contributed by atoms with Gasteiger partial charge < -0.3 is 14.9 Å². The topological polar surface area (TPSA) is 122 Å². The Bertz CT molecular complexity index is 1070. The number of carbonyl (C=O) groups excluding carboxylic acids is 1. The van der Waals surface area contributed by atoms with E-state index < -0.39 is 5.97 Å². The number of ether oxygens (including phenoxy) is 1. The number of nitrogens with zero attached hydrogens (tertiary/aromatic N) is 5. The number of hydrogen-bond donors (Lipinski definition) is 1. The molecule has 0 saturated heterocycles. The summed E-state index contributed by atoms with van der Waals surface area (Å²) in [5.74, 6) is 0.640. The third kappa shape index (κ3) is 2.57. The van der Waals surface area contributed by atoms with Gasteiger partial charge in [-0.3, -0.25) is 0 Å². The molecule has 2 N–H and O–H groups in total. The van der Waals surface area contributed by atoms with E-state index in [1.165, 1.54) is 11.8 Å². The van der Waals surface area contributed by atoms with Crippen molar-refractivity contribution in [3.05, 3.63) is 48.2 Å². The average molecular weight is 336 g/mol. The van der Waals surface area contributed by atoms with Gasteiger partial charge >= 0.3 is 5.97 Å². The zero-order valence-corrected chi connectivity index (χ0v) is 13.1. The van der Waals surface area contributed by atoms with E-state index in [1.54, 1.807) is 42.7 Å². The molecule has 9 nitrogen and oxygen atoms in total. The molecule has 0 atom stereocenters. The van der Waals surface area contributed by atoms with Crippen molar-refractivity contribution in [2.24, 2.45) is 0 Å². The highest BCUT2D eigenvalue weighted by atomic mass is 16.5. The number of nitrogen functional groups attached to an aromatic ring is 1. The number of nitrogens with two attached hydrogens (primary N) is 1. The number of esters is 1. The second kappa shape index (κ2) is 5.71. The maximum Gasteiger partial charge on any atom is 0.337 e. The normalized spacial score (nSPS) is 10.9. The molecule has 0 fully saturated rings. The number of benzene rings is 1. The van der Waals surface area contributed by atoms with E-state index in [4.69, 9.17) is 14.9 Å². The maximum atomic E-state index is 11.6. The van der Waals surface area contributed by atoms with Gasteiger partial charge in [0.25, 0.3) is 0 Å². The Labute approximate surface area is 141 Å². The van der Waals surface area contributed by atoms with Crippen LogP contribution in [0.3, 0.4) is 0 Å². The molecule has 3 aromatic heterocycles. The fraction of sp³-hybridized carbons (Fsp3) is 0.0625. The Kier molecular flexibility index (Phi) is 3.38. The quantitative estimate of drug-likeness (QED) is 0.562. The van der Waals surface area contributed by atoms with Gasteiger partial charge in [0.1, 0.15) is 11.2 Å². The Balaban J connectivity index is 1.83.